The van der Waals surface area contributed by atoms with Gasteiger partial charge in [0, 0.05) is 24.0 Å². The number of aliphatic hydroxyl groups excluding tert-OH is 1. The first-order chi connectivity index (χ1) is 13.5. The van der Waals surface area contributed by atoms with Crippen LogP contribution in [-0.2, 0) is 28.8 Å². The zero-order valence-corrected chi connectivity index (χ0v) is 17.0. The van der Waals surface area contributed by atoms with Crippen molar-refractivity contribution < 1.29 is 14.6 Å². The fourth-order valence-corrected chi connectivity index (χ4v) is 3.93. The van der Waals surface area contributed by atoms with Crippen LogP contribution in [0.5, 0.6) is 0 Å². The third-order valence-corrected chi connectivity index (χ3v) is 5.49. The lowest BCUT2D eigenvalue weighted by atomic mass is 9.86. The van der Waals surface area contributed by atoms with E-state index in [0.717, 1.165) is 24.8 Å². The van der Waals surface area contributed by atoms with Gasteiger partial charge < -0.3 is 15.2 Å². The number of benzene rings is 2. The minimum Gasteiger partial charge on any atom is -0.466 e. The molecule has 0 amide bonds. The van der Waals surface area contributed by atoms with Gasteiger partial charge in [-0.2, -0.15) is 0 Å². The second-order valence-corrected chi connectivity index (χ2v) is 7.76. The van der Waals surface area contributed by atoms with Crippen LogP contribution in [-0.4, -0.2) is 30.3 Å². The zero-order valence-electron chi connectivity index (χ0n) is 16.3. The van der Waals surface area contributed by atoms with Crippen molar-refractivity contribution >= 4 is 17.6 Å². The number of esters is 1. The molecule has 0 aromatic heterocycles. The molecule has 2 aromatic carbocycles. The van der Waals surface area contributed by atoms with Crippen molar-refractivity contribution in [2.45, 2.75) is 51.2 Å². The summed E-state index contributed by atoms with van der Waals surface area (Å²) < 4.78 is 5.01. The first-order valence-corrected chi connectivity index (χ1v) is 10.4. The lowest BCUT2D eigenvalue weighted by molar-refractivity contribution is -0.143. The molecule has 0 aliphatic heterocycles. The number of hydrogen-bond donors (Lipinski definition) is 2. The van der Waals surface area contributed by atoms with Crippen LogP contribution in [0.25, 0.3) is 0 Å². The predicted octanol–water partition coefficient (Wildman–Crippen LogP) is 4.02. The highest BCUT2D eigenvalue weighted by Crippen LogP contribution is 2.24. The number of rotatable bonds is 8. The Morgan fingerprint density at radius 1 is 1.29 bits per heavy atom. The van der Waals surface area contributed by atoms with Crippen LogP contribution >= 0.6 is 11.6 Å². The molecule has 0 unspecified atom stereocenters. The molecule has 2 N–H and O–H groups in total. The maximum absolute atomic E-state index is 11.6. The maximum atomic E-state index is 11.6. The van der Waals surface area contributed by atoms with Crippen LogP contribution in [0, 0.1) is 0 Å². The summed E-state index contributed by atoms with van der Waals surface area (Å²) in [6.07, 6.45) is 3.56. The second-order valence-electron chi connectivity index (χ2n) is 7.33. The zero-order chi connectivity index (χ0) is 19.9. The van der Waals surface area contributed by atoms with Crippen LogP contribution in [0.1, 0.15) is 48.1 Å². The van der Waals surface area contributed by atoms with Crippen molar-refractivity contribution in [3.05, 3.63) is 69.7 Å². The molecule has 2 atom stereocenters. The molecule has 2 aromatic rings. The first-order valence-electron chi connectivity index (χ1n) is 9.98. The van der Waals surface area contributed by atoms with Gasteiger partial charge in [-0.1, -0.05) is 41.9 Å². The minimum atomic E-state index is -0.573. The van der Waals surface area contributed by atoms with E-state index in [0.29, 0.717) is 37.1 Å². The third kappa shape index (κ3) is 5.81. The molecule has 0 saturated carbocycles. The summed E-state index contributed by atoms with van der Waals surface area (Å²) in [4.78, 5) is 11.6. The second kappa shape index (κ2) is 10.1. The molecule has 0 radical (unpaired) electrons. The quantitative estimate of drug-likeness (QED) is 0.656. The van der Waals surface area contributed by atoms with E-state index in [-0.39, 0.29) is 5.97 Å². The van der Waals surface area contributed by atoms with E-state index in [2.05, 4.69) is 23.5 Å². The fourth-order valence-electron chi connectivity index (χ4n) is 3.73. The van der Waals surface area contributed by atoms with Gasteiger partial charge in [-0.25, -0.2) is 0 Å². The van der Waals surface area contributed by atoms with E-state index in [4.69, 9.17) is 16.3 Å². The smallest absolute Gasteiger partial charge is 0.306 e. The van der Waals surface area contributed by atoms with Crippen LogP contribution in [0.2, 0.25) is 5.02 Å². The molecule has 28 heavy (non-hydrogen) atoms. The number of carbonyl (C=O) groups excluding carboxylic acids is 1. The summed E-state index contributed by atoms with van der Waals surface area (Å²) >= 11 is 6.01. The number of nitrogens with one attached hydrogen (secondary N) is 1. The van der Waals surface area contributed by atoms with Crippen LogP contribution in [0.15, 0.2) is 42.5 Å². The summed E-state index contributed by atoms with van der Waals surface area (Å²) in [5.74, 6) is -0.144. The normalized spacial score (nSPS) is 17.0. The van der Waals surface area contributed by atoms with Gasteiger partial charge in [-0.05, 0) is 67.0 Å². The molecular weight excluding hydrogens is 374 g/mol. The number of ether oxygens (including phenoxy) is 1. The Hall–Kier alpha value is -1.88. The van der Waals surface area contributed by atoms with E-state index in [1.807, 2.05) is 25.1 Å². The molecule has 0 fully saturated rings. The molecule has 1 aliphatic carbocycles. The predicted molar refractivity (Wildman–Crippen MR) is 112 cm³/mol. The topological polar surface area (TPSA) is 58.6 Å². The average Bonchev–Trinajstić information content (AvgIpc) is 2.70. The maximum Gasteiger partial charge on any atom is 0.306 e. The van der Waals surface area contributed by atoms with Crippen molar-refractivity contribution in [2.24, 2.45) is 0 Å². The molecule has 0 spiro atoms. The molecule has 4 nitrogen and oxygen atoms in total. The van der Waals surface area contributed by atoms with E-state index >= 15 is 0 Å². The van der Waals surface area contributed by atoms with Gasteiger partial charge in [0.15, 0.2) is 0 Å². The number of aryl methyl sites for hydroxylation is 2. The van der Waals surface area contributed by atoms with E-state index < -0.39 is 6.10 Å². The molecular formula is C23H28ClNO3. The van der Waals surface area contributed by atoms with Gasteiger partial charge in [0.25, 0.3) is 0 Å². The van der Waals surface area contributed by atoms with E-state index in [1.165, 1.54) is 16.7 Å². The molecule has 3 rings (SSSR count). The van der Waals surface area contributed by atoms with Crippen LogP contribution in [0.3, 0.4) is 0 Å². The number of aliphatic hydroxyl groups is 1. The van der Waals surface area contributed by atoms with Gasteiger partial charge in [-0.3, -0.25) is 4.79 Å². The fraction of sp³-hybridized carbons (Fsp3) is 0.435. The standard InChI is InChI=1S/C23H28ClNO3/c1-2-28-23(27)11-7-16-6-8-17-9-10-21(14-19(17)12-16)25-15-22(26)18-4-3-5-20(24)13-18/h3-6,8,12-13,21-22,25-26H,2,7,9-11,14-15H2,1H3/t21-,22-/m0/s1. The van der Waals surface area contributed by atoms with Gasteiger partial charge in [0.2, 0.25) is 0 Å². The Morgan fingerprint density at radius 3 is 2.93 bits per heavy atom. The molecule has 0 heterocycles. The Kier molecular flexibility index (Phi) is 7.49. The summed E-state index contributed by atoms with van der Waals surface area (Å²) in [7, 11) is 0. The van der Waals surface area contributed by atoms with Crippen molar-refractivity contribution in [2.75, 3.05) is 13.2 Å². The Morgan fingerprint density at radius 2 is 2.14 bits per heavy atom. The molecule has 0 saturated heterocycles. The van der Waals surface area contributed by atoms with E-state index in [1.54, 1.807) is 6.07 Å². The third-order valence-electron chi connectivity index (χ3n) is 5.26. The van der Waals surface area contributed by atoms with Crippen LogP contribution < -0.4 is 5.32 Å². The van der Waals surface area contributed by atoms with Crippen molar-refractivity contribution in [3.8, 4) is 0 Å². The summed E-state index contributed by atoms with van der Waals surface area (Å²) in [5.41, 5.74) is 4.72. The highest BCUT2D eigenvalue weighted by atomic mass is 35.5. The van der Waals surface area contributed by atoms with E-state index in [9.17, 15) is 9.90 Å². The van der Waals surface area contributed by atoms with Crippen LogP contribution in [0.4, 0.5) is 0 Å². The summed E-state index contributed by atoms with van der Waals surface area (Å²) in [6.45, 7) is 2.76. The van der Waals surface area contributed by atoms with Gasteiger partial charge in [-0.15, -0.1) is 0 Å². The largest absolute Gasteiger partial charge is 0.466 e. The number of fused-ring (bicyclic) bond motifs is 1. The van der Waals surface area contributed by atoms with Crippen molar-refractivity contribution in [1.29, 1.82) is 0 Å². The highest BCUT2D eigenvalue weighted by molar-refractivity contribution is 6.30. The molecule has 5 heteroatoms. The number of hydrogen-bond acceptors (Lipinski definition) is 4. The molecule has 150 valence electrons. The van der Waals surface area contributed by atoms with Gasteiger partial charge in [0.1, 0.15) is 0 Å². The number of carbonyl (C=O) groups is 1. The minimum absolute atomic E-state index is 0.144. The molecule has 0 bridgehead atoms. The van der Waals surface area contributed by atoms with Gasteiger partial charge >= 0.3 is 5.97 Å². The summed E-state index contributed by atoms with van der Waals surface area (Å²) in [6, 6.07) is 14.2. The first kappa shape index (κ1) is 20.8. The molecule has 1 aliphatic rings. The number of halogens is 1. The Balaban J connectivity index is 1.54. The lowest BCUT2D eigenvalue weighted by Gasteiger charge is -2.27. The van der Waals surface area contributed by atoms with Gasteiger partial charge in [0.05, 0.1) is 12.7 Å². The van der Waals surface area contributed by atoms with Crippen molar-refractivity contribution in [3.63, 3.8) is 0 Å². The SMILES string of the molecule is CCOC(=O)CCc1ccc2c(c1)C[C@@H](NC[C@H](O)c1cccc(Cl)c1)CC2. The Bertz CT molecular complexity index is 808. The van der Waals surface area contributed by atoms with Crippen molar-refractivity contribution in [1.82, 2.24) is 5.32 Å². The Labute approximate surface area is 171 Å². The monoisotopic (exact) mass is 401 g/mol. The average molecular weight is 402 g/mol. The highest BCUT2D eigenvalue weighted by Gasteiger charge is 2.20. The summed E-state index contributed by atoms with van der Waals surface area (Å²) in [5, 5.41) is 14.6. The lowest BCUT2D eigenvalue weighted by Crippen LogP contribution is -2.37.